The van der Waals surface area contributed by atoms with Crippen molar-refractivity contribution in [3.63, 3.8) is 0 Å². The van der Waals surface area contributed by atoms with E-state index in [1.165, 1.54) is 16.7 Å². The number of aryl methyl sites for hydroxylation is 1. The van der Waals surface area contributed by atoms with Crippen molar-refractivity contribution in [2.75, 3.05) is 36.4 Å². The Morgan fingerprint density at radius 1 is 1.02 bits per heavy atom. The minimum Gasteiger partial charge on any atom is -0.380 e. The van der Waals surface area contributed by atoms with Crippen molar-refractivity contribution in [3.8, 4) is 6.07 Å². The minimum absolute atomic E-state index is 0.117. The topological polar surface area (TPSA) is 123 Å². The lowest BCUT2D eigenvalue weighted by Crippen LogP contribution is -2.46. The zero-order valence-corrected chi connectivity index (χ0v) is 24.6. The van der Waals surface area contributed by atoms with Gasteiger partial charge in [0, 0.05) is 56.9 Å². The molecule has 0 spiro atoms. The number of nitrogens with zero attached hydrogens (tertiary/aromatic N) is 5. The number of carbonyl (C=O) groups is 2. The van der Waals surface area contributed by atoms with Gasteiger partial charge in [0.2, 0.25) is 11.8 Å². The molecule has 230 valence electrons. The lowest BCUT2D eigenvalue weighted by atomic mass is 10.0. The molecule has 2 saturated heterocycles. The van der Waals surface area contributed by atoms with Gasteiger partial charge in [-0.1, -0.05) is 18.2 Å². The van der Waals surface area contributed by atoms with E-state index < -0.39 is 23.3 Å². The molecule has 0 saturated carbocycles. The molecule has 2 aliphatic rings. The summed E-state index contributed by atoms with van der Waals surface area (Å²) >= 11 is 0. The second-order valence-corrected chi connectivity index (χ2v) is 11.3. The fourth-order valence-corrected chi connectivity index (χ4v) is 6.06. The SMILES string of the molecule is Cc1nc2cccc(NCc3ccc(CN4CCN(c5ccc(C#N)cc5F)CC4)cc3F)c2c(=O)n1C1CCC(=O)NC1=O. The molecule has 0 aliphatic carbocycles. The third-order valence-corrected chi connectivity index (χ3v) is 8.41. The molecule has 4 aromatic rings. The smallest absolute Gasteiger partial charge is 0.264 e. The lowest BCUT2D eigenvalue weighted by Gasteiger charge is -2.36. The highest BCUT2D eigenvalue weighted by Gasteiger charge is 2.31. The molecular formula is C33H31F2N7O3. The Bertz CT molecular complexity index is 1910. The Labute approximate surface area is 257 Å². The van der Waals surface area contributed by atoms with Crippen molar-refractivity contribution in [1.29, 1.82) is 5.26 Å². The zero-order valence-electron chi connectivity index (χ0n) is 24.6. The maximum atomic E-state index is 15.2. The van der Waals surface area contributed by atoms with Gasteiger partial charge in [-0.2, -0.15) is 5.26 Å². The van der Waals surface area contributed by atoms with Gasteiger partial charge in [0.1, 0.15) is 23.5 Å². The van der Waals surface area contributed by atoms with Crippen LogP contribution in [0.2, 0.25) is 0 Å². The van der Waals surface area contributed by atoms with Gasteiger partial charge in [-0.05, 0) is 55.3 Å². The van der Waals surface area contributed by atoms with E-state index in [0.29, 0.717) is 61.0 Å². The quantitative estimate of drug-likeness (QED) is 0.303. The van der Waals surface area contributed by atoms with Crippen LogP contribution >= 0.6 is 0 Å². The monoisotopic (exact) mass is 611 g/mol. The molecular weight excluding hydrogens is 580 g/mol. The maximum Gasteiger partial charge on any atom is 0.264 e. The molecule has 10 nitrogen and oxygen atoms in total. The number of anilines is 2. The van der Waals surface area contributed by atoms with E-state index in [2.05, 4.69) is 20.5 Å². The van der Waals surface area contributed by atoms with Gasteiger partial charge < -0.3 is 10.2 Å². The number of amides is 2. The average molecular weight is 612 g/mol. The lowest BCUT2D eigenvalue weighted by molar-refractivity contribution is -0.135. The molecule has 3 heterocycles. The first-order valence-electron chi connectivity index (χ1n) is 14.8. The highest BCUT2D eigenvalue weighted by Crippen LogP contribution is 2.25. The van der Waals surface area contributed by atoms with E-state index in [4.69, 9.17) is 5.26 Å². The van der Waals surface area contributed by atoms with E-state index >= 15 is 4.39 Å². The molecule has 2 fully saturated rings. The van der Waals surface area contributed by atoms with Crippen LogP contribution in [0.3, 0.4) is 0 Å². The van der Waals surface area contributed by atoms with Crippen LogP contribution in [0, 0.1) is 29.9 Å². The number of hydrogen-bond acceptors (Lipinski definition) is 8. The van der Waals surface area contributed by atoms with Gasteiger partial charge >= 0.3 is 0 Å². The molecule has 3 aromatic carbocycles. The Balaban J connectivity index is 1.12. The summed E-state index contributed by atoms with van der Waals surface area (Å²) in [4.78, 5) is 46.5. The first kappa shape index (κ1) is 29.9. The van der Waals surface area contributed by atoms with E-state index in [0.717, 1.165) is 5.56 Å². The third kappa shape index (κ3) is 6.12. The number of fused-ring (bicyclic) bond motifs is 1. The Morgan fingerprint density at radius 3 is 2.53 bits per heavy atom. The number of halogens is 2. The fourth-order valence-electron chi connectivity index (χ4n) is 6.06. The zero-order chi connectivity index (χ0) is 31.7. The maximum absolute atomic E-state index is 15.2. The first-order chi connectivity index (χ1) is 21.7. The van der Waals surface area contributed by atoms with Crippen LogP contribution in [-0.4, -0.2) is 52.4 Å². The number of carbonyl (C=O) groups excluding carboxylic acids is 2. The Hall–Kier alpha value is -5.15. The summed E-state index contributed by atoms with van der Waals surface area (Å²) in [5.74, 6) is -1.34. The van der Waals surface area contributed by atoms with Crippen LogP contribution in [0.25, 0.3) is 10.9 Å². The van der Waals surface area contributed by atoms with Crippen LogP contribution in [-0.2, 0) is 22.7 Å². The number of benzene rings is 3. The van der Waals surface area contributed by atoms with E-state index in [1.54, 1.807) is 43.3 Å². The van der Waals surface area contributed by atoms with Crippen molar-refractivity contribution in [2.45, 2.75) is 38.9 Å². The molecule has 1 unspecified atom stereocenters. The largest absolute Gasteiger partial charge is 0.380 e. The second kappa shape index (κ2) is 12.5. The second-order valence-electron chi connectivity index (χ2n) is 11.3. The summed E-state index contributed by atoms with van der Waals surface area (Å²) in [5, 5.41) is 14.7. The molecule has 1 aromatic heterocycles. The van der Waals surface area contributed by atoms with Crippen LogP contribution in [0.15, 0.2) is 59.4 Å². The number of aromatic nitrogens is 2. The van der Waals surface area contributed by atoms with Crippen molar-refractivity contribution in [2.24, 2.45) is 0 Å². The number of rotatable bonds is 7. The summed E-state index contributed by atoms with van der Waals surface area (Å²) in [5.41, 5.74) is 2.49. The third-order valence-electron chi connectivity index (χ3n) is 8.41. The first-order valence-corrected chi connectivity index (χ1v) is 14.8. The van der Waals surface area contributed by atoms with E-state index in [9.17, 15) is 18.8 Å². The van der Waals surface area contributed by atoms with Crippen molar-refractivity contribution in [1.82, 2.24) is 19.8 Å². The number of hydrogen-bond donors (Lipinski definition) is 2. The van der Waals surface area contributed by atoms with Gasteiger partial charge in [0.25, 0.3) is 5.56 Å². The normalized spacial score (nSPS) is 17.3. The fraction of sp³-hybridized carbons (Fsp3) is 0.303. The standard InChI is InChI=1S/C33H31F2N7O3/c1-20-38-27-4-2-3-26(31(27)33(45)42(20)29-9-10-30(43)39-32(29)44)37-18-23-7-5-22(16-24(23)34)19-40-11-13-41(14-12-40)28-8-6-21(17-36)15-25(28)35/h2-8,15-16,29,37H,9-14,18-19H2,1H3,(H,39,43,44). The average Bonchev–Trinajstić information content (AvgIpc) is 3.02. The number of piperidine rings is 1. The van der Waals surface area contributed by atoms with Crippen LogP contribution < -0.4 is 21.1 Å². The number of nitriles is 1. The van der Waals surface area contributed by atoms with Crippen LogP contribution in [0.4, 0.5) is 20.2 Å². The van der Waals surface area contributed by atoms with Gasteiger partial charge in [-0.15, -0.1) is 0 Å². The Morgan fingerprint density at radius 2 is 1.82 bits per heavy atom. The highest BCUT2D eigenvalue weighted by atomic mass is 19.1. The summed E-state index contributed by atoms with van der Waals surface area (Å²) < 4.78 is 31.0. The van der Waals surface area contributed by atoms with Gasteiger partial charge in [0.15, 0.2) is 0 Å². The van der Waals surface area contributed by atoms with Gasteiger partial charge in [0.05, 0.1) is 28.2 Å². The van der Waals surface area contributed by atoms with Crippen molar-refractivity contribution in [3.05, 3.63) is 99.1 Å². The van der Waals surface area contributed by atoms with Crippen molar-refractivity contribution >= 4 is 34.1 Å². The predicted octanol–water partition coefficient (Wildman–Crippen LogP) is 3.77. The van der Waals surface area contributed by atoms with Gasteiger partial charge in [-0.3, -0.25) is 29.2 Å². The summed E-state index contributed by atoms with van der Waals surface area (Å²) in [7, 11) is 0. The molecule has 2 amide bonds. The molecule has 0 bridgehead atoms. The van der Waals surface area contributed by atoms with E-state index in [-0.39, 0.29) is 42.1 Å². The van der Waals surface area contributed by atoms with Crippen LogP contribution in [0.5, 0.6) is 0 Å². The predicted molar refractivity (Wildman–Crippen MR) is 164 cm³/mol. The highest BCUT2D eigenvalue weighted by molar-refractivity contribution is 5.99. The molecule has 12 heteroatoms. The molecule has 45 heavy (non-hydrogen) atoms. The number of piperazine rings is 1. The number of imide groups is 1. The number of nitrogens with one attached hydrogen (secondary N) is 2. The minimum atomic E-state index is -0.842. The van der Waals surface area contributed by atoms with Crippen LogP contribution in [0.1, 0.15) is 41.4 Å². The van der Waals surface area contributed by atoms with Crippen molar-refractivity contribution < 1.29 is 18.4 Å². The summed E-state index contributed by atoms with van der Waals surface area (Å²) in [6, 6.07) is 15.9. The molecule has 1 atom stereocenters. The van der Waals surface area contributed by atoms with Gasteiger partial charge in [-0.25, -0.2) is 13.8 Å². The summed E-state index contributed by atoms with van der Waals surface area (Å²) in [6.45, 7) is 4.88. The van der Waals surface area contributed by atoms with E-state index in [1.807, 2.05) is 17.0 Å². The molecule has 0 radical (unpaired) electrons. The molecule has 2 aliphatic heterocycles. The summed E-state index contributed by atoms with van der Waals surface area (Å²) in [6.07, 6.45) is 0.335. The molecule has 6 rings (SSSR count). The Kier molecular flexibility index (Phi) is 8.28. The molecule has 2 N–H and O–H groups in total.